The molecule has 1 aliphatic rings. The lowest BCUT2D eigenvalue weighted by Gasteiger charge is -2.12. The van der Waals surface area contributed by atoms with Crippen molar-refractivity contribution in [2.45, 2.75) is 32.8 Å². The Kier molecular flexibility index (Phi) is 5.41. The van der Waals surface area contributed by atoms with E-state index in [0.29, 0.717) is 24.6 Å². The first-order chi connectivity index (χ1) is 9.65. The van der Waals surface area contributed by atoms with Crippen LogP contribution in [0.3, 0.4) is 0 Å². The number of rotatable bonds is 6. The number of carbonyl (C=O) groups excluding carboxylic acids is 1. The predicted molar refractivity (Wildman–Crippen MR) is 78.1 cm³/mol. The molecule has 0 radical (unpaired) electrons. The van der Waals surface area contributed by atoms with Crippen LogP contribution in [0.25, 0.3) is 0 Å². The number of nitrogens with one attached hydrogen (secondary N) is 1. The Morgan fingerprint density at radius 1 is 1.50 bits per heavy atom. The van der Waals surface area contributed by atoms with Crippen LogP contribution in [0.15, 0.2) is 24.3 Å². The third-order valence-electron chi connectivity index (χ3n) is 3.19. The van der Waals surface area contributed by atoms with Crippen LogP contribution in [-0.4, -0.2) is 31.8 Å². The van der Waals surface area contributed by atoms with Gasteiger partial charge < -0.3 is 14.8 Å². The van der Waals surface area contributed by atoms with Gasteiger partial charge in [-0.1, -0.05) is 19.9 Å². The fraction of sp³-hybridized carbons (Fsp3) is 0.562. The molecular weight excluding hydrogens is 254 g/mol. The van der Waals surface area contributed by atoms with E-state index in [0.717, 1.165) is 25.2 Å². The Labute approximate surface area is 120 Å². The van der Waals surface area contributed by atoms with E-state index in [1.807, 2.05) is 12.1 Å². The van der Waals surface area contributed by atoms with Gasteiger partial charge >= 0.3 is 0 Å². The van der Waals surface area contributed by atoms with Gasteiger partial charge in [-0.05, 0) is 37.0 Å². The van der Waals surface area contributed by atoms with Crippen molar-refractivity contribution >= 4 is 5.91 Å². The van der Waals surface area contributed by atoms with Crippen molar-refractivity contribution < 1.29 is 14.3 Å². The summed E-state index contributed by atoms with van der Waals surface area (Å²) in [4.78, 5) is 12.1. The Hall–Kier alpha value is -1.55. The molecule has 1 aromatic carbocycles. The number of ether oxygens (including phenoxy) is 2. The topological polar surface area (TPSA) is 47.6 Å². The molecule has 1 saturated heterocycles. The van der Waals surface area contributed by atoms with Gasteiger partial charge in [0.2, 0.25) is 0 Å². The highest BCUT2D eigenvalue weighted by Gasteiger charge is 2.16. The highest BCUT2D eigenvalue weighted by atomic mass is 16.5. The first-order valence-corrected chi connectivity index (χ1v) is 7.28. The minimum Gasteiger partial charge on any atom is -0.493 e. The van der Waals surface area contributed by atoms with Gasteiger partial charge in [0, 0.05) is 18.7 Å². The third kappa shape index (κ3) is 4.53. The second-order valence-electron chi connectivity index (χ2n) is 5.58. The van der Waals surface area contributed by atoms with E-state index in [4.69, 9.17) is 9.47 Å². The monoisotopic (exact) mass is 277 g/mol. The largest absolute Gasteiger partial charge is 0.493 e. The third-order valence-corrected chi connectivity index (χ3v) is 3.19. The van der Waals surface area contributed by atoms with Gasteiger partial charge in [0.1, 0.15) is 5.75 Å². The van der Waals surface area contributed by atoms with E-state index in [1.54, 1.807) is 12.1 Å². The van der Waals surface area contributed by atoms with Gasteiger partial charge in [-0.2, -0.15) is 0 Å². The van der Waals surface area contributed by atoms with E-state index in [2.05, 4.69) is 19.2 Å². The maximum atomic E-state index is 12.1. The zero-order chi connectivity index (χ0) is 14.4. The summed E-state index contributed by atoms with van der Waals surface area (Å²) in [5.74, 6) is 1.13. The van der Waals surface area contributed by atoms with Crippen LogP contribution < -0.4 is 10.1 Å². The first kappa shape index (κ1) is 14.9. The molecule has 2 rings (SSSR count). The molecular formula is C16H23NO3. The summed E-state index contributed by atoms with van der Waals surface area (Å²) < 4.78 is 11.1. The van der Waals surface area contributed by atoms with Crippen LogP contribution in [0.5, 0.6) is 5.75 Å². The molecule has 110 valence electrons. The van der Waals surface area contributed by atoms with E-state index in [-0.39, 0.29) is 12.0 Å². The number of benzene rings is 1. The molecule has 1 amide bonds. The molecule has 0 spiro atoms. The van der Waals surface area contributed by atoms with Gasteiger partial charge in [0.25, 0.3) is 5.91 Å². The smallest absolute Gasteiger partial charge is 0.251 e. The molecule has 20 heavy (non-hydrogen) atoms. The van der Waals surface area contributed by atoms with Crippen molar-refractivity contribution in [3.05, 3.63) is 29.8 Å². The van der Waals surface area contributed by atoms with Crippen LogP contribution in [0, 0.1) is 5.92 Å². The SMILES string of the molecule is CC(C)COc1cccc(C(=O)NCC2CCCO2)c1. The average Bonchev–Trinajstić information content (AvgIpc) is 2.96. The molecule has 1 heterocycles. The minimum atomic E-state index is -0.0736. The lowest BCUT2D eigenvalue weighted by molar-refractivity contribution is 0.0857. The molecule has 1 atom stereocenters. The number of hydrogen-bond acceptors (Lipinski definition) is 3. The molecule has 1 N–H and O–H groups in total. The zero-order valence-electron chi connectivity index (χ0n) is 12.2. The van der Waals surface area contributed by atoms with E-state index >= 15 is 0 Å². The van der Waals surface area contributed by atoms with Crippen LogP contribution in [0.4, 0.5) is 0 Å². The summed E-state index contributed by atoms with van der Waals surface area (Å²) >= 11 is 0. The van der Waals surface area contributed by atoms with Crippen molar-refractivity contribution in [1.82, 2.24) is 5.32 Å². The van der Waals surface area contributed by atoms with E-state index in [9.17, 15) is 4.79 Å². The summed E-state index contributed by atoms with van der Waals surface area (Å²) in [7, 11) is 0. The molecule has 4 nitrogen and oxygen atoms in total. The summed E-state index contributed by atoms with van der Waals surface area (Å²) in [6, 6.07) is 7.30. The van der Waals surface area contributed by atoms with Crippen molar-refractivity contribution in [2.75, 3.05) is 19.8 Å². The van der Waals surface area contributed by atoms with Gasteiger partial charge in [-0.15, -0.1) is 0 Å². The summed E-state index contributed by atoms with van der Waals surface area (Å²) in [5, 5.41) is 2.91. The van der Waals surface area contributed by atoms with Gasteiger partial charge in [0.15, 0.2) is 0 Å². The lowest BCUT2D eigenvalue weighted by atomic mass is 10.2. The Bertz CT molecular complexity index is 439. The molecule has 0 aliphatic carbocycles. The second kappa shape index (κ2) is 7.29. The molecule has 4 heteroatoms. The molecule has 1 aromatic rings. The van der Waals surface area contributed by atoms with Crippen molar-refractivity contribution in [3.8, 4) is 5.75 Å². The minimum absolute atomic E-state index is 0.0736. The quantitative estimate of drug-likeness (QED) is 0.869. The normalized spacial score (nSPS) is 18.2. The average molecular weight is 277 g/mol. The molecule has 0 aromatic heterocycles. The number of carbonyl (C=O) groups is 1. The van der Waals surface area contributed by atoms with Crippen LogP contribution >= 0.6 is 0 Å². The van der Waals surface area contributed by atoms with Crippen molar-refractivity contribution in [2.24, 2.45) is 5.92 Å². The second-order valence-corrected chi connectivity index (χ2v) is 5.58. The maximum Gasteiger partial charge on any atom is 0.251 e. The molecule has 0 saturated carbocycles. The summed E-state index contributed by atoms with van der Waals surface area (Å²) in [6.45, 7) is 6.23. The standard InChI is InChI=1S/C16H23NO3/c1-12(2)11-20-14-6-3-5-13(9-14)16(18)17-10-15-7-4-8-19-15/h3,5-6,9,12,15H,4,7-8,10-11H2,1-2H3,(H,17,18). The van der Waals surface area contributed by atoms with Gasteiger partial charge in [0.05, 0.1) is 12.7 Å². The summed E-state index contributed by atoms with van der Waals surface area (Å²) in [5.41, 5.74) is 0.629. The first-order valence-electron chi connectivity index (χ1n) is 7.28. The Balaban J connectivity index is 1.86. The van der Waals surface area contributed by atoms with Crippen molar-refractivity contribution in [1.29, 1.82) is 0 Å². The van der Waals surface area contributed by atoms with Crippen molar-refractivity contribution in [3.63, 3.8) is 0 Å². The fourth-order valence-electron chi connectivity index (χ4n) is 2.10. The molecule has 1 aliphatic heterocycles. The van der Waals surface area contributed by atoms with Crippen LogP contribution in [0.2, 0.25) is 0 Å². The Morgan fingerprint density at radius 2 is 2.35 bits per heavy atom. The number of hydrogen-bond donors (Lipinski definition) is 1. The summed E-state index contributed by atoms with van der Waals surface area (Å²) in [6.07, 6.45) is 2.27. The molecule has 0 bridgehead atoms. The highest BCUT2D eigenvalue weighted by molar-refractivity contribution is 5.94. The highest BCUT2D eigenvalue weighted by Crippen LogP contribution is 2.15. The van der Waals surface area contributed by atoms with Crippen LogP contribution in [0.1, 0.15) is 37.0 Å². The van der Waals surface area contributed by atoms with Crippen LogP contribution in [-0.2, 0) is 4.74 Å². The molecule has 1 unspecified atom stereocenters. The van der Waals surface area contributed by atoms with Gasteiger partial charge in [-0.25, -0.2) is 0 Å². The maximum absolute atomic E-state index is 12.1. The number of amides is 1. The Morgan fingerprint density at radius 3 is 3.05 bits per heavy atom. The lowest BCUT2D eigenvalue weighted by Crippen LogP contribution is -2.31. The zero-order valence-corrected chi connectivity index (χ0v) is 12.2. The van der Waals surface area contributed by atoms with Gasteiger partial charge in [-0.3, -0.25) is 4.79 Å². The van der Waals surface area contributed by atoms with E-state index in [1.165, 1.54) is 0 Å². The molecule has 1 fully saturated rings. The fourth-order valence-corrected chi connectivity index (χ4v) is 2.10. The van der Waals surface area contributed by atoms with E-state index < -0.39 is 0 Å². The predicted octanol–water partition coefficient (Wildman–Crippen LogP) is 2.63.